The van der Waals surface area contributed by atoms with Crippen LogP contribution in [0.1, 0.15) is 26.7 Å². The van der Waals surface area contributed by atoms with Gasteiger partial charge in [-0.2, -0.15) is 0 Å². The quantitative estimate of drug-likeness (QED) is 0.567. The van der Waals surface area contributed by atoms with Gasteiger partial charge in [-0.1, -0.05) is 0 Å². The summed E-state index contributed by atoms with van der Waals surface area (Å²) in [4.78, 5) is 21.9. The molecule has 0 radical (unpaired) electrons. The smallest absolute Gasteiger partial charge is 0.315 e. The van der Waals surface area contributed by atoms with Crippen molar-refractivity contribution in [3.8, 4) is 0 Å². The van der Waals surface area contributed by atoms with Crippen LogP contribution in [0.2, 0.25) is 0 Å². The standard InChI is InChI=1S/C10H20N2O5S/c1-10(2,7-8(13)14)12-9(15)11-5-4-6-18(3,16)17/h4-7H2,1-3H3,(H,13,14)(H2,11,12,15). The molecule has 0 aliphatic rings. The van der Waals surface area contributed by atoms with Crippen LogP contribution in [0.5, 0.6) is 0 Å². The van der Waals surface area contributed by atoms with Crippen molar-refractivity contribution < 1.29 is 23.1 Å². The van der Waals surface area contributed by atoms with Gasteiger partial charge in [0.05, 0.1) is 12.2 Å². The molecule has 0 aliphatic carbocycles. The predicted octanol–water partition coefficient (Wildman–Crippen LogP) is -0.0264. The van der Waals surface area contributed by atoms with Crippen molar-refractivity contribution in [2.75, 3.05) is 18.6 Å². The molecular formula is C10H20N2O5S. The van der Waals surface area contributed by atoms with E-state index in [-0.39, 0.29) is 18.7 Å². The fraction of sp³-hybridized carbons (Fsp3) is 0.800. The van der Waals surface area contributed by atoms with Crippen LogP contribution in [0.25, 0.3) is 0 Å². The van der Waals surface area contributed by atoms with Crippen LogP contribution in [-0.2, 0) is 14.6 Å². The number of carboxylic acid groups (broad SMARTS) is 1. The molecule has 7 nitrogen and oxygen atoms in total. The molecule has 0 aromatic carbocycles. The number of urea groups is 1. The molecule has 0 bridgehead atoms. The summed E-state index contributed by atoms with van der Waals surface area (Å²) < 4.78 is 21.7. The second-order valence-corrected chi connectivity index (χ2v) is 7.08. The number of carbonyl (C=O) groups is 2. The van der Waals surface area contributed by atoms with Gasteiger partial charge in [0.1, 0.15) is 9.84 Å². The average Bonchev–Trinajstić information content (AvgIpc) is 2.07. The molecule has 0 rings (SSSR count). The number of hydrogen-bond acceptors (Lipinski definition) is 4. The van der Waals surface area contributed by atoms with E-state index in [4.69, 9.17) is 5.11 Å². The largest absolute Gasteiger partial charge is 0.481 e. The number of amides is 2. The second-order valence-electron chi connectivity index (χ2n) is 4.82. The van der Waals surface area contributed by atoms with Crippen molar-refractivity contribution in [1.29, 1.82) is 0 Å². The van der Waals surface area contributed by atoms with E-state index in [1.807, 2.05) is 0 Å². The zero-order valence-electron chi connectivity index (χ0n) is 10.8. The van der Waals surface area contributed by atoms with Crippen LogP contribution in [-0.4, -0.2) is 49.6 Å². The Morgan fingerprint density at radius 2 is 1.83 bits per heavy atom. The van der Waals surface area contributed by atoms with Crippen molar-refractivity contribution in [3.63, 3.8) is 0 Å². The first kappa shape index (κ1) is 16.7. The Bertz CT molecular complexity index is 402. The summed E-state index contributed by atoms with van der Waals surface area (Å²) in [6.45, 7) is 3.41. The van der Waals surface area contributed by atoms with Crippen LogP contribution >= 0.6 is 0 Å². The van der Waals surface area contributed by atoms with Gasteiger partial charge >= 0.3 is 12.0 Å². The van der Waals surface area contributed by atoms with E-state index in [0.717, 1.165) is 6.26 Å². The average molecular weight is 280 g/mol. The molecule has 0 fully saturated rings. The molecule has 0 heterocycles. The molecule has 0 aromatic heterocycles. The van der Waals surface area contributed by atoms with E-state index in [0.29, 0.717) is 6.42 Å². The van der Waals surface area contributed by atoms with Crippen molar-refractivity contribution in [2.24, 2.45) is 0 Å². The highest BCUT2D eigenvalue weighted by atomic mass is 32.2. The molecule has 106 valence electrons. The number of sulfone groups is 1. The Balaban J connectivity index is 3.94. The Morgan fingerprint density at radius 3 is 2.28 bits per heavy atom. The topological polar surface area (TPSA) is 113 Å². The molecular weight excluding hydrogens is 260 g/mol. The lowest BCUT2D eigenvalue weighted by atomic mass is 10.0. The summed E-state index contributed by atoms with van der Waals surface area (Å²) in [5, 5.41) is 13.6. The third-order valence-electron chi connectivity index (χ3n) is 2.02. The highest BCUT2D eigenvalue weighted by Crippen LogP contribution is 2.07. The van der Waals surface area contributed by atoms with E-state index >= 15 is 0 Å². The highest BCUT2D eigenvalue weighted by Gasteiger charge is 2.23. The lowest BCUT2D eigenvalue weighted by molar-refractivity contribution is -0.138. The van der Waals surface area contributed by atoms with Gasteiger partial charge in [-0.15, -0.1) is 0 Å². The van der Waals surface area contributed by atoms with Crippen molar-refractivity contribution >= 4 is 21.8 Å². The third kappa shape index (κ3) is 9.88. The van der Waals surface area contributed by atoms with Crippen LogP contribution in [0.4, 0.5) is 4.79 Å². The maximum atomic E-state index is 11.4. The molecule has 0 saturated heterocycles. The minimum Gasteiger partial charge on any atom is -0.481 e. The van der Waals surface area contributed by atoms with Crippen LogP contribution in [0.15, 0.2) is 0 Å². The zero-order valence-corrected chi connectivity index (χ0v) is 11.6. The molecule has 0 aliphatic heterocycles. The summed E-state index contributed by atoms with van der Waals surface area (Å²) in [5.74, 6) is -0.997. The molecule has 8 heteroatoms. The normalized spacial score (nSPS) is 11.9. The van der Waals surface area contributed by atoms with Gasteiger partial charge in [-0.3, -0.25) is 4.79 Å². The fourth-order valence-corrected chi connectivity index (χ4v) is 1.98. The van der Waals surface area contributed by atoms with E-state index in [9.17, 15) is 18.0 Å². The van der Waals surface area contributed by atoms with Crippen molar-refractivity contribution in [1.82, 2.24) is 10.6 Å². The van der Waals surface area contributed by atoms with Crippen molar-refractivity contribution in [2.45, 2.75) is 32.2 Å². The molecule has 3 N–H and O–H groups in total. The van der Waals surface area contributed by atoms with Crippen LogP contribution in [0, 0.1) is 0 Å². The maximum Gasteiger partial charge on any atom is 0.315 e. The number of hydrogen-bond donors (Lipinski definition) is 3. The van der Waals surface area contributed by atoms with Gasteiger partial charge in [-0.05, 0) is 20.3 Å². The monoisotopic (exact) mass is 280 g/mol. The van der Waals surface area contributed by atoms with Gasteiger partial charge in [-0.25, -0.2) is 13.2 Å². The zero-order chi connectivity index (χ0) is 14.4. The summed E-state index contributed by atoms with van der Waals surface area (Å²) in [6.07, 6.45) is 1.26. The van der Waals surface area contributed by atoms with Crippen molar-refractivity contribution in [3.05, 3.63) is 0 Å². The number of carboxylic acids is 1. The highest BCUT2D eigenvalue weighted by molar-refractivity contribution is 7.90. The summed E-state index contributed by atoms with van der Waals surface area (Å²) in [6, 6.07) is -0.505. The molecule has 0 aromatic rings. The van der Waals surface area contributed by atoms with Gasteiger partial charge in [0, 0.05) is 18.3 Å². The fourth-order valence-electron chi connectivity index (χ4n) is 1.31. The van der Waals surface area contributed by atoms with Gasteiger partial charge < -0.3 is 15.7 Å². The number of carbonyl (C=O) groups excluding carboxylic acids is 1. The van der Waals surface area contributed by atoms with E-state index in [1.54, 1.807) is 13.8 Å². The number of nitrogens with one attached hydrogen (secondary N) is 2. The number of aliphatic carboxylic acids is 1. The Kier molecular flexibility index (Phi) is 6.10. The lowest BCUT2D eigenvalue weighted by Gasteiger charge is -2.24. The Labute approximate surface area is 107 Å². The second kappa shape index (κ2) is 6.58. The van der Waals surface area contributed by atoms with E-state index in [1.165, 1.54) is 0 Å². The molecule has 0 unspecified atom stereocenters. The number of rotatable bonds is 7. The first-order valence-corrected chi connectivity index (χ1v) is 7.53. The van der Waals surface area contributed by atoms with Crippen LogP contribution < -0.4 is 10.6 Å². The minimum atomic E-state index is -3.02. The molecule has 0 saturated carbocycles. The molecule has 2 amide bonds. The maximum absolute atomic E-state index is 11.4. The van der Waals surface area contributed by atoms with Gasteiger partial charge in [0.25, 0.3) is 0 Å². The molecule has 18 heavy (non-hydrogen) atoms. The lowest BCUT2D eigenvalue weighted by Crippen LogP contribution is -2.49. The predicted molar refractivity (Wildman–Crippen MR) is 67.2 cm³/mol. The molecule has 0 atom stereocenters. The van der Waals surface area contributed by atoms with Gasteiger partial charge in [0.2, 0.25) is 0 Å². The molecule has 0 spiro atoms. The minimum absolute atomic E-state index is 0.00575. The van der Waals surface area contributed by atoms with Crippen LogP contribution in [0.3, 0.4) is 0 Å². The first-order valence-electron chi connectivity index (χ1n) is 5.47. The summed E-state index contributed by atoms with van der Waals surface area (Å²) in [7, 11) is -3.02. The van der Waals surface area contributed by atoms with Gasteiger partial charge in [0.15, 0.2) is 0 Å². The first-order chi connectivity index (χ1) is 8.02. The van der Waals surface area contributed by atoms with E-state index in [2.05, 4.69) is 10.6 Å². The Hall–Kier alpha value is -1.31. The Morgan fingerprint density at radius 1 is 1.28 bits per heavy atom. The summed E-state index contributed by atoms with van der Waals surface area (Å²) >= 11 is 0. The SMILES string of the molecule is CC(C)(CC(=O)O)NC(=O)NCCCS(C)(=O)=O. The van der Waals surface area contributed by atoms with E-state index < -0.39 is 27.4 Å². The summed E-state index contributed by atoms with van der Waals surface area (Å²) in [5.41, 5.74) is -0.854. The third-order valence-corrected chi connectivity index (χ3v) is 3.05.